The molecule has 0 radical (unpaired) electrons. The lowest BCUT2D eigenvalue weighted by Gasteiger charge is -2.29. The van der Waals surface area contributed by atoms with Gasteiger partial charge in [-0.1, -0.05) is 24.3 Å². The summed E-state index contributed by atoms with van der Waals surface area (Å²) in [4.78, 5) is 27.3. The zero-order valence-electron chi connectivity index (χ0n) is 25.7. The Morgan fingerprint density at radius 3 is 2.76 bits per heavy atom. The van der Waals surface area contributed by atoms with Gasteiger partial charge in [0, 0.05) is 55.4 Å². The smallest absolute Gasteiger partial charge is 0.195 e. The third kappa shape index (κ3) is 4.58. The van der Waals surface area contributed by atoms with Gasteiger partial charge in [-0.2, -0.15) is 0 Å². The Bertz CT molecular complexity index is 2050. The predicted octanol–water partition coefficient (Wildman–Crippen LogP) is 5.64. The second kappa shape index (κ2) is 10.9. The van der Waals surface area contributed by atoms with E-state index in [1.165, 1.54) is 18.9 Å². The van der Waals surface area contributed by atoms with E-state index in [-0.39, 0.29) is 17.6 Å². The maximum absolute atomic E-state index is 16.3. The second-order valence-electron chi connectivity index (χ2n) is 13.0. The van der Waals surface area contributed by atoms with Crippen molar-refractivity contribution in [2.24, 2.45) is 0 Å². The molecule has 9 nitrogen and oxygen atoms in total. The highest BCUT2D eigenvalue weighted by Gasteiger charge is 2.43. The molecule has 46 heavy (non-hydrogen) atoms. The summed E-state index contributed by atoms with van der Waals surface area (Å²) in [7, 11) is 2.18. The number of pyridine rings is 1. The van der Waals surface area contributed by atoms with Crippen molar-refractivity contribution in [3.05, 3.63) is 94.5 Å². The van der Waals surface area contributed by atoms with Crippen LogP contribution in [-0.2, 0) is 4.74 Å². The Kier molecular flexibility index (Phi) is 6.59. The topological polar surface area (TPSA) is 88.0 Å². The van der Waals surface area contributed by atoms with Crippen LogP contribution >= 0.6 is 0 Å². The van der Waals surface area contributed by atoms with Crippen LogP contribution < -0.4 is 20.4 Å². The van der Waals surface area contributed by atoms with E-state index in [0.717, 1.165) is 48.1 Å². The minimum atomic E-state index is -0.473. The van der Waals surface area contributed by atoms with E-state index >= 15 is 4.39 Å². The van der Waals surface area contributed by atoms with Gasteiger partial charge < -0.3 is 23.8 Å². The van der Waals surface area contributed by atoms with E-state index in [1.807, 2.05) is 39.9 Å². The maximum atomic E-state index is 16.3. The number of ether oxygens (including phenoxy) is 2. The molecule has 3 aromatic carbocycles. The normalized spacial score (nSPS) is 23.7. The van der Waals surface area contributed by atoms with Gasteiger partial charge in [0.1, 0.15) is 23.5 Å². The number of rotatable bonds is 7. The molecule has 3 fully saturated rings. The van der Waals surface area contributed by atoms with Crippen molar-refractivity contribution in [2.75, 3.05) is 38.1 Å². The molecule has 0 bridgehead atoms. The van der Waals surface area contributed by atoms with Crippen molar-refractivity contribution < 1.29 is 13.9 Å². The Hall–Kier alpha value is -4.38. The third-order valence-electron chi connectivity index (χ3n) is 10.3. The minimum absolute atomic E-state index is 0.117. The summed E-state index contributed by atoms with van der Waals surface area (Å²) in [6, 6.07) is 14.1. The highest BCUT2D eigenvalue weighted by atomic mass is 19.1. The van der Waals surface area contributed by atoms with Crippen molar-refractivity contribution in [2.45, 2.75) is 50.0 Å². The number of hydrogen-bond acceptors (Lipinski definition) is 8. The second-order valence-corrected chi connectivity index (χ2v) is 13.0. The summed E-state index contributed by atoms with van der Waals surface area (Å²) in [5, 5.41) is 5.86. The van der Waals surface area contributed by atoms with Gasteiger partial charge in [0.15, 0.2) is 22.7 Å². The standard InChI is InChI=1S/C36H35FN6O3/c1-41-13-4-7-24(41)8-10-40-36-34(46-36)26-20-43-29-15-21-5-2-3-6-22(21)16-30(29)45-35-31(43)25(33(26)44)17-27(37)32(35)42-14-9-23(19-42)28-18-38-11-12-39-28/h2-3,5-6,11-12,15-18,20,23-24,34,36,40H,4,7-10,13-14,19H2,1H3. The van der Waals surface area contributed by atoms with E-state index in [2.05, 4.69) is 39.4 Å². The monoisotopic (exact) mass is 618 g/mol. The van der Waals surface area contributed by atoms with E-state index in [9.17, 15) is 4.79 Å². The first-order valence-electron chi connectivity index (χ1n) is 16.3. The van der Waals surface area contributed by atoms with Crippen molar-refractivity contribution in [3.63, 3.8) is 0 Å². The number of fused-ring (bicyclic) bond motifs is 3. The minimum Gasteiger partial charge on any atom is -0.451 e. The van der Waals surface area contributed by atoms with Crippen LogP contribution in [0.2, 0.25) is 0 Å². The number of hydrogen-bond donors (Lipinski definition) is 1. The number of anilines is 1. The molecule has 0 amide bonds. The lowest BCUT2D eigenvalue weighted by atomic mass is 10.0. The zero-order valence-corrected chi connectivity index (χ0v) is 25.7. The molecule has 0 spiro atoms. The Morgan fingerprint density at radius 1 is 1.09 bits per heavy atom. The highest BCUT2D eigenvalue weighted by molar-refractivity contribution is 5.97. The quantitative estimate of drug-likeness (QED) is 0.230. The molecule has 10 heteroatoms. The largest absolute Gasteiger partial charge is 0.451 e. The number of nitrogens with one attached hydrogen (secondary N) is 1. The van der Waals surface area contributed by atoms with Crippen LogP contribution in [0, 0.1) is 5.82 Å². The molecule has 1 N–H and O–H groups in total. The highest BCUT2D eigenvalue weighted by Crippen LogP contribution is 2.49. The first kappa shape index (κ1) is 27.9. The predicted molar refractivity (Wildman–Crippen MR) is 175 cm³/mol. The average Bonchev–Trinajstić information content (AvgIpc) is 3.45. The Morgan fingerprint density at radius 2 is 1.96 bits per heavy atom. The van der Waals surface area contributed by atoms with E-state index in [1.54, 1.807) is 18.6 Å². The summed E-state index contributed by atoms with van der Waals surface area (Å²) in [5.74, 6) is 0.629. The summed E-state index contributed by atoms with van der Waals surface area (Å²) in [6.07, 6.45) is 10.7. The maximum Gasteiger partial charge on any atom is 0.195 e. The summed E-state index contributed by atoms with van der Waals surface area (Å²) in [5.41, 5.74) is 2.94. The van der Waals surface area contributed by atoms with Crippen LogP contribution in [0.15, 0.2) is 72.0 Å². The van der Waals surface area contributed by atoms with Crippen molar-refractivity contribution >= 4 is 27.4 Å². The van der Waals surface area contributed by atoms with Crippen molar-refractivity contribution in [1.29, 1.82) is 0 Å². The van der Waals surface area contributed by atoms with Gasteiger partial charge in [-0.25, -0.2) is 4.39 Å². The zero-order chi connectivity index (χ0) is 30.9. The van der Waals surface area contributed by atoms with E-state index in [4.69, 9.17) is 9.47 Å². The molecule has 4 unspecified atom stereocenters. The number of benzene rings is 3. The molecule has 3 saturated heterocycles. The van der Waals surface area contributed by atoms with Crippen LogP contribution in [0.1, 0.15) is 49.0 Å². The fraction of sp³-hybridized carbons (Fsp3) is 0.361. The van der Waals surface area contributed by atoms with Gasteiger partial charge in [0.25, 0.3) is 0 Å². The van der Waals surface area contributed by atoms with Crippen molar-refractivity contribution in [3.8, 4) is 17.2 Å². The molecule has 9 rings (SSSR count). The fourth-order valence-electron chi connectivity index (χ4n) is 7.77. The number of epoxide rings is 1. The van der Waals surface area contributed by atoms with Crippen LogP contribution in [0.5, 0.6) is 11.5 Å². The third-order valence-corrected chi connectivity index (χ3v) is 10.3. The van der Waals surface area contributed by atoms with Gasteiger partial charge in [-0.15, -0.1) is 0 Å². The molecular weight excluding hydrogens is 583 g/mol. The molecular formula is C36H35FN6O3. The van der Waals surface area contributed by atoms with Crippen LogP contribution in [-0.4, -0.2) is 64.9 Å². The molecule has 5 aromatic rings. The van der Waals surface area contributed by atoms with Gasteiger partial charge in [0.05, 0.1) is 16.8 Å². The first-order valence-corrected chi connectivity index (χ1v) is 16.3. The number of halogens is 1. The molecule has 2 aromatic heterocycles. The van der Waals surface area contributed by atoms with Crippen LogP contribution in [0.4, 0.5) is 10.1 Å². The van der Waals surface area contributed by atoms with E-state index < -0.39 is 11.9 Å². The number of likely N-dealkylation sites (tertiary alicyclic amines) is 1. The SMILES string of the molecule is CN1CCCC1CCNC1OC1c1cn2c3c(c(N4CCC(c5cnccn5)C4)c(F)cc3c1=O)Oc1cc3ccccc3cc1-2. The van der Waals surface area contributed by atoms with Gasteiger partial charge in [-0.05, 0) is 74.8 Å². The molecule has 4 aliphatic heterocycles. The molecule has 234 valence electrons. The van der Waals surface area contributed by atoms with Gasteiger partial charge in [0.2, 0.25) is 0 Å². The summed E-state index contributed by atoms with van der Waals surface area (Å²) in [6.45, 7) is 3.16. The average molecular weight is 619 g/mol. The molecule has 4 aliphatic rings. The lowest BCUT2D eigenvalue weighted by molar-refractivity contribution is 0.284. The summed E-state index contributed by atoms with van der Waals surface area (Å²) >= 11 is 0. The number of aromatic nitrogens is 3. The number of nitrogens with zero attached hydrogens (tertiary/aromatic N) is 5. The van der Waals surface area contributed by atoms with Crippen molar-refractivity contribution in [1.82, 2.24) is 24.8 Å². The van der Waals surface area contributed by atoms with Crippen LogP contribution in [0.3, 0.4) is 0 Å². The lowest BCUT2D eigenvalue weighted by Crippen LogP contribution is -2.30. The summed E-state index contributed by atoms with van der Waals surface area (Å²) < 4.78 is 31.0. The van der Waals surface area contributed by atoms with Gasteiger partial charge in [-0.3, -0.25) is 20.1 Å². The van der Waals surface area contributed by atoms with E-state index in [0.29, 0.717) is 52.8 Å². The van der Waals surface area contributed by atoms with Crippen LogP contribution in [0.25, 0.3) is 27.4 Å². The molecule has 6 heterocycles. The molecule has 0 aliphatic carbocycles. The fourth-order valence-corrected chi connectivity index (χ4v) is 7.77. The Balaban J connectivity index is 1.12. The first-order chi connectivity index (χ1) is 22.5. The van der Waals surface area contributed by atoms with Gasteiger partial charge >= 0.3 is 0 Å². The molecule has 4 atom stereocenters. The Labute approximate surface area is 265 Å². The molecule has 0 saturated carbocycles.